The summed E-state index contributed by atoms with van der Waals surface area (Å²) in [5.41, 5.74) is 2.37. The van der Waals surface area contributed by atoms with Crippen LogP contribution < -0.4 is 15.5 Å². The van der Waals surface area contributed by atoms with Gasteiger partial charge in [0.15, 0.2) is 5.96 Å². The van der Waals surface area contributed by atoms with Crippen molar-refractivity contribution in [2.75, 3.05) is 25.0 Å². The molecule has 1 atom stereocenters. The Bertz CT molecular complexity index is 711. The molecule has 0 amide bonds. The first-order chi connectivity index (χ1) is 11.7. The smallest absolute Gasteiger partial charge is 0.191 e. The van der Waals surface area contributed by atoms with Crippen LogP contribution in [0, 0.1) is 0 Å². The van der Waals surface area contributed by atoms with Crippen LogP contribution in [0.3, 0.4) is 0 Å². The highest BCUT2D eigenvalue weighted by Gasteiger charge is 2.24. The van der Waals surface area contributed by atoms with Crippen LogP contribution in [0.1, 0.15) is 12.1 Å². The third-order valence-electron chi connectivity index (χ3n) is 4.31. The Hall–Kier alpha value is -2.02. The molecule has 1 aromatic heterocycles. The summed E-state index contributed by atoms with van der Waals surface area (Å²) in [4.78, 5) is 6.73. The fraction of sp³-hybridized carbons (Fsp3) is 0.412. The third kappa shape index (κ3) is 3.90. The number of anilines is 1. The number of nitrogens with zero attached hydrogens (tertiary/aromatic N) is 4. The van der Waals surface area contributed by atoms with Gasteiger partial charge in [-0.3, -0.25) is 9.67 Å². The van der Waals surface area contributed by atoms with Crippen LogP contribution in [0.25, 0.3) is 0 Å². The summed E-state index contributed by atoms with van der Waals surface area (Å²) in [6.45, 7) is 2.71. The molecule has 0 bridgehead atoms. The maximum absolute atomic E-state index is 4.33. The van der Waals surface area contributed by atoms with Gasteiger partial charge in [-0.05, 0) is 40.5 Å². The lowest BCUT2D eigenvalue weighted by Crippen LogP contribution is -2.44. The van der Waals surface area contributed by atoms with Crippen LogP contribution in [-0.4, -0.2) is 41.9 Å². The number of para-hydroxylation sites is 1. The lowest BCUT2D eigenvalue weighted by Gasteiger charge is -2.21. The molecule has 1 fully saturated rings. The molecule has 2 aromatic rings. The number of hydrogen-bond acceptors (Lipinski definition) is 3. The molecule has 2 heterocycles. The van der Waals surface area contributed by atoms with Gasteiger partial charge >= 0.3 is 0 Å². The number of aromatic nitrogens is 2. The molecule has 0 spiro atoms. The van der Waals surface area contributed by atoms with Crippen molar-refractivity contribution in [3.63, 3.8) is 0 Å². The molecule has 24 heavy (non-hydrogen) atoms. The Morgan fingerprint density at radius 1 is 1.38 bits per heavy atom. The normalized spacial score (nSPS) is 18.0. The van der Waals surface area contributed by atoms with Crippen LogP contribution in [-0.2, 0) is 13.6 Å². The third-order valence-corrected chi connectivity index (χ3v) is 4.98. The van der Waals surface area contributed by atoms with E-state index >= 15 is 0 Å². The first kappa shape index (κ1) is 16.8. The standard InChI is InChI=1S/C17H23BrN6/c1-19-17(20-11-14-7-9-21-23(14)2)22-13-8-10-24(12-13)16-6-4-3-5-15(16)18/h3-7,9,13H,8,10-12H2,1-2H3,(H2,19,20,22). The van der Waals surface area contributed by atoms with Crippen molar-refractivity contribution < 1.29 is 0 Å². The average Bonchev–Trinajstić information content (AvgIpc) is 3.21. The van der Waals surface area contributed by atoms with Gasteiger partial charge in [0.2, 0.25) is 0 Å². The zero-order chi connectivity index (χ0) is 16.9. The molecule has 0 aliphatic carbocycles. The molecule has 0 radical (unpaired) electrons. The number of aliphatic imine (C=N–C) groups is 1. The van der Waals surface area contributed by atoms with E-state index in [-0.39, 0.29) is 0 Å². The Labute approximate surface area is 151 Å². The van der Waals surface area contributed by atoms with Crippen LogP contribution >= 0.6 is 15.9 Å². The molecule has 0 saturated carbocycles. The highest BCUT2D eigenvalue weighted by Crippen LogP contribution is 2.28. The molecule has 7 heteroatoms. The fourth-order valence-electron chi connectivity index (χ4n) is 2.94. The van der Waals surface area contributed by atoms with Crippen molar-refractivity contribution in [2.45, 2.75) is 19.0 Å². The number of guanidine groups is 1. The molecule has 6 nitrogen and oxygen atoms in total. The zero-order valence-corrected chi connectivity index (χ0v) is 15.6. The topological polar surface area (TPSA) is 57.5 Å². The molecule has 3 rings (SSSR count). The van der Waals surface area contributed by atoms with Gasteiger partial charge in [-0.2, -0.15) is 5.10 Å². The number of aryl methyl sites for hydroxylation is 1. The lowest BCUT2D eigenvalue weighted by atomic mass is 10.2. The van der Waals surface area contributed by atoms with E-state index in [1.54, 1.807) is 13.2 Å². The van der Waals surface area contributed by atoms with E-state index in [9.17, 15) is 0 Å². The lowest BCUT2D eigenvalue weighted by molar-refractivity contribution is 0.637. The van der Waals surface area contributed by atoms with Crippen LogP contribution in [0.2, 0.25) is 0 Å². The van der Waals surface area contributed by atoms with Gasteiger partial charge in [-0.25, -0.2) is 0 Å². The quantitative estimate of drug-likeness (QED) is 0.620. The average molecular weight is 391 g/mol. The summed E-state index contributed by atoms with van der Waals surface area (Å²) < 4.78 is 3.01. The van der Waals surface area contributed by atoms with Crippen molar-refractivity contribution >= 4 is 27.6 Å². The molecule has 128 valence electrons. The fourth-order valence-corrected chi connectivity index (χ4v) is 3.48. The summed E-state index contributed by atoms with van der Waals surface area (Å²) in [5, 5.41) is 11.1. The summed E-state index contributed by atoms with van der Waals surface area (Å²) in [5.74, 6) is 0.829. The summed E-state index contributed by atoms with van der Waals surface area (Å²) >= 11 is 3.64. The highest BCUT2D eigenvalue weighted by molar-refractivity contribution is 9.10. The van der Waals surface area contributed by atoms with Crippen molar-refractivity contribution in [3.05, 3.63) is 46.7 Å². The maximum atomic E-state index is 4.33. The van der Waals surface area contributed by atoms with E-state index in [1.807, 2.05) is 23.9 Å². The second-order valence-electron chi connectivity index (χ2n) is 5.90. The maximum Gasteiger partial charge on any atom is 0.191 e. The first-order valence-electron chi connectivity index (χ1n) is 8.11. The van der Waals surface area contributed by atoms with E-state index in [2.05, 4.69) is 59.8 Å². The number of benzene rings is 1. The number of hydrogen-bond donors (Lipinski definition) is 2. The van der Waals surface area contributed by atoms with Crippen LogP contribution in [0.15, 0.2) is 46.0 Å². The van der Waals surface area contributed by atoms with E-state index in [1.165, 1.54) is 5.69 Å². The molecule has 1 aliphatic heterocycles. The minimum absolute atomic E-state index is 0.384. The Balaban J connectivity index is 1.54. The largest absolute Gasteiger partial charge is 0.368 e. The Morgan fingerprint density at radius 3 is 2.92 bits per heavy atom. The van der Waals surface area contributed by atoms with Gasteiger partial charge in [-0.1, -0.05) is 12.1 Å². The van der Waals surface area contributed by atoms with Gasteiger partial charge in [-0.15, -0.1) is 0 Å². The first-order valence-corrected chi connectivity index (χ1v) is 8.90. The van der Waals surface area contributed by atoms with Gasteiger partial charge < -0.3 is 15.5 Å². The van der Waals surface area contributed by atoms with Gasteiger partial charge in [0.1, 0.15) is 0 Å². The van der Waals surface area contributed by atoms with Crippen molar-refractivity contribution in [1.29, 1.82) is 0 Å². The minimum Gasteiger partial charge on any atom is -0.368 e. The van der Waals surface area contributed by atoms with Gasteiger partial charge in [0, 0.05) is 43.9 Å². The van der Waals surface area contributed by atoms with Gasteiger partial charge in [0.25, 0.3) is 0 Å². The number of nitrogens with one attached hydrogen (secondary N) is 2. The van der Waals surface area contributed by atoms with Crippen molar-refractivity contribution in [3.8, 4) is 0 Å². The van der Waals surface area contributed by atoms with E-state index in [0.717, 1.165) is 35.6 Å². The van der Waals surface area contributed by atoms with Crippen molar-refractivity contribution in [2.24, 2.45) is 12.0 Å². The predicted molar refractivity (Wildman–Crippen MR) is 101 cm³/mol. The summed E-state index contributed by atoms with van der Waals surface area (Å²) in [6, 6.07) is 10.8. The Kier molecular flexibility index (Phi) is 5.40. The summed E-state index contributed by atoms with van der Waals surface area (Å²) in [7, 11) is 3.75. The second-order valence-corrected chi connectivity index (χ2v) is 6.75. The Morgan fingerprint density at radius 2 is 2.21 bits per heavy atom. The van der Waals surface area contributed by atoms with Crippen LogP contribution in [0.5, 0.6) is 0 Å². The number of rotatable bonds is 4. The highest BCUT2D eigenvalue weighted by atomic mass is 79.9. The molecular formula is C17H23BrN6. The zero-order valence-electron chi connectivity index (χ0n) is 14.0. The molecule has 2 N–H and O–H groups in total. The molecular weight excluding hydrogens is 368 g/mol. The monoisotopic (exact) mass is 390 g/mol. The molecule has 1 unspecified atom stereocenters. The molecule has 1 aromatic carbocycles. The summed E-state index contributed by atoms with van der Waals surface area (Å²) in [6.07, 6.45) is 2.90. The van der Waals surface area contributed by atoms with E-state index < -0.39 is 0 Å². The molecule has 1 saturated heterocycles. The predicted octanol–water partition coefficient (Wildman–Crippen LogP) is 2.13. The van der Waals surface area contributed by atoms with E-state index in [4.69, 9.17) is 0 Å². The van der Waals surface area contributed by atoms with Crippen molar-refractivity contribution in [1.82, 2.24) is 20.4 Å². The minimum atomic E-state index is 0.384. The van der Waals surface area contributed by atoms with E-state index in [0.29, 0.717) is 12.6 Å². The number of halogens is 1. The SMILES string of the molecule is CN=C(NCc1ccnn1C)NC1CCN(c2ccccc2Br)C1. The van der Waals surface area contributed by atoms with Crippen LogP contribution in [0.4, 0.5) is 5.69 Å². The second kappa shape index (κ2) is 7.70. The molecule has 1 aliphatic rings. The van der Waals surface area contributed by atoms with Gasteiger partial charge in [0.05, 0.1) is 17.9 Å².